The minimum absolute atomic E-state index is 0.0770. The van der Waals surface area contributed by atoms with Gasteiger partial charge >= 0.3 is 0 Å². The Labute approximate surface area is 151 Å². The zero-order chi connectivity index (χ0) is 17.4. The van der Waals surface area contributed by atoms with E-state index in [1.807, 2.05) is 29.2 Å². The molecule has 4 rings (SSSR count). The molecule has 1 fully saturated rings. The highest BCUT2D eigenvalue weighted by molar-refractivity contribution is 6.31. The van der Waals surface area contributed by atoms with Crippen molar-refractivity contribution in [2.45, 2.75) is 32.2 Å². The van der Waals surface area contributed by atoms with Crippen LogP contribution < -0.4 is 0 Å². The number of carbonyl (C=O) groups excluding carboxylic acids is 1. The van der Waals surface area contributed by atoms with Gasteiger partial charge in [0.15, 0.2) is 5.58 Å². The van der Waals surface area contributed by atoms with Crippen LogP contribution in [0.5, 0.6) is 0 Å². The van der Waals surface area contributed by atoms with E-state index < -0.39 is 0 Å². The van der Waals surface area contributed by atoms with Crippen LogP contribution in [0.2, 0.25) is 5.02 Å². The Morgan fingerprint density at radius 2 is 2.12 bits per heavy atom. The van der Waals surface area contributed by atoms with Crippen molar-refractivity contribution in [1.29, 1.82) is 0 Å². The summed E-state index contributed by atoms with van der Waals surface area (Å²) in [4.78, 5) is 19.3. The average molecular weight is 355 g/mol. The van der Waals surface area contributed by atoms with E-state index in [2.05, 4.69) is 11.9 Å². The van der Waals surface area contributed by atoms with E-state index in [-0.39, 0.29) is 11.9 Å². The Bertz CT molecular complexity index is 934. The first-order valence-corrected chi connectivity index (χ1v) is 8.97. The number of aromatic nitrogens is 1. The molecule has 0 aliphatic carbocycles. The van der Waals surface area contributed by atoms with Gasteiger partial charge in [-0.1, -0.05) is 17.7 Å². The predicted octanol–water partition coefficient (Wildman–Crippen LogP) is 5.16. The van der Waals surface area contributed by atoms with Crippen LogP contribution in [0.3, 0.4) is 0 Å². The molecule has 1 saturated heterocycles. The van der Waals surface area contributed by atoms with Gasteiger partial charge in [0.1, 0.15) is 5.52 Å². The van der Waals surface area contributed by atoms with Gasteiger partial charge in [-0.15, -0.1) is 0 Å². The van der Waals surface area contributed by atoms with Gasteiger partial charge in [0.25, 0.3) is 5.91 Å². The van der Waals surface area contributed by atoms with Crippen LogP contribution in [0.15, 0.2) is 46.9 Å². The fourth-order valence-corrected chi connectivity index (χ4v) is 3.54. The van der Waals surface area contributed by atoms with E-state index in [1.54, 1.807) is 18.2 Å². The van der Waals surface area contributed by atoms with E-state index in [0.717, 1.165) is 24.9 Å². The summed E-state index contributed by atoms with van der Waals surface area (Å²) >= 11 is 6.01. The lowest BCUT2D eigenvalue weighted by Crippen LogP contribution is -2.42. The maximum Gasteiger partial charge on any atom is 0.254 e. The number of hydrogen-bond acceptors (Lipinski definition) is 3. The van der Waals surface area contributed by atoms with Gasteiger partial charge in [-0.25, -0.2) is 4.98 Å². The zero-order valence-electron chi connectivity index (χ0n) is 14.0. The second-order valence-corrected chi connectivity index (χ2v) is 6.99. The third kappa shape index (κ3) is 3.14. The Morgan fingerprint density at radius 1 is 1.24 bits per heavy atom. The maximum absolute atomic E-state index is 12.9. The predicted molar refractivity (Wildman–Crippen MR) is 98.8 cm³/mol. The molecule has 1 unspecified atom stereocenters. The number of rotatable bonds is 2. The van der Waals surface area contributed by atoms with Gasteiger partial charge in [0.2, 0.25) is 5.89 Å². The van der Waals surface area contributed by atoms with E-state index in [0.29, 0.717) is 27.6 Å². The molecule has 3 aromatic rings. The van der Waals surface area contributed by atoms with Crippen LogP contribution >= 0.6 is 11.6 Å². The number of oxazole rings is 1. The van der Waals surface area contributed by atoms with Crippen molar-refractivity contribution in [1.82, 2.24) is 9.88 Å². The molecule has 2 aromatic carbocycles. The fourth-order valence-electron chi connectivity index (χ4n) is 3.37. The molecule has 0 spiro atoms. The fraction of sp³-hybridized carbons (Fsp3) is 0.300. The van der Waals surface area contributed by atoms with E-state index in [9.17, 15) is 4.79 Å². The Morgan fingerprint density at radius 3 is 2.96 bits per heavy atom. The summed E-state index contributed by atoms with van der Waals surface area (Å²) < 4.78 is 5.82. The van der Waals surface area contributed by atoms with Gasteiger partial charge in [-0.3, -0.25) is 4.79 Å². The van der Waals surface area contributed by atoms with Crippen LogP contribution in [0.25, 0.3) is 22.6 Å². The second-order valence-electron chi connectivity index (χ2n) is 6.56. The van der Waals surface area contributed by atoms with Crippen LogP contribution in [0.4, 0.5) is 0 Å². The number of fused-ring (bicyclic) bond motifs is 1. The molecule has 128 valence electrons. The smallest absolute Gasteiger partial charge is 0.254 e. The monoisotopic (exact) mass is 354 g/mol. The molecule has 0 radical (unpaired) electrons. The minimum Gasteiger partial charge on any atom is -0.436 e. The van der Waals surface area contributed by atoms with Crippen molar-refractivity contribution in [2.24, 2.45) is 0 Å². The van der Waals surface area contributed by atoms with Gasteiger partial charge in [-0.05, 0) is 62.6 Å². The van der Waals surface area contributed by atoms with Crippen LogP contribution in [-0.4, -0.2) is 28.4 Å². The summed E-state index contributed by atoms with van der Waals surface area (Å²) in [5.74, 6) is 0.576. The second kappa shape index (κ2) is 6.52. The molecule has 1 aliphatic rings. The average Bonchev–Trinajstić information content (AvgIpc) is 3.05. The molecule has 5 heteroatoms. The normalized spacial score (nSPS) is 17.8. The summed E-state index contributed by atoms with van der Waals surface area (Å²) in [5, 5.41) is 0.621. The van der Waals surface area contributed by atoms with Crippen molar-refractivity contribution in [3.05, 3.63) is 53.1 Å². The van der Waals surface area contributed by atoms with E-state index in [4.69, 9.17) is 16.0 Å². The Hall–Kier alpha value is -2.33. The topological polar surface area (TPSA) is 46.3 Å². The lowest BCUT2D eigenvalue weighted by atomic mass is 10.0. The summed E-state index contributed by atoms with van der Waals surface area (Å²) in [7, 11) is 0. The number of hydrogen-bond donors (Lipinski definition) is 0. The Balaban J connectivity index is 1.67. The van der Waals surface area contributed by atoms with Crippen molar-refractivity contribution in [3.63, 3.8) is 0 Å². The van der Waals surface area contributed by atoms with Crippen molar-refractivity contribution < 1.29 is 9.21 Å². The van der Waals surface area contributed by atoms with Gasteiger partial charge in [-0.2, -0.15) is 0 Å². The molecule has 1 aliphatic heterocycles. The molecule has 0 bridgehead atoms. The van der Waals surface area contributed by atoms with Gasteiger partial charge in [0, 0.05) is 28.7 Å². The molecule has 4 nitrogen and oxygen atoms in total. The van der Waals surface area contributed by atoms with Crippen LogP contribution in [-0.2, 0) is 0 Å². The van der Waals surface area contributed by atoms with Crippen molar-refractivity contribution in [2.75, 3.05) is 6.54 Å². The molecule has 25 heavy (non-hydrogen) atoms. The summed E-state index contributed by atoms with van der Waals surface area (Å²) in [6.07, 6.45) is 3.33. The zero-order valence-corrected chi connectivity index (χ0v) is 14.8. The lowest BCUT2D eigenvalue weighted by Gasteiger charge is -2.33. The summed E-state index contributed by atoms with van der Waals surface area (Å²) in [6, 6.07) is 13.1. The van der Waals surface area contributed by atoms with Gasteiger partial charge < -0.3 is 9.32 Å². The first-order valence-electron chi connectivity index (χ1n) is 8.59. The van der Waals surface area contributed by atoms with Crippen molar-refractivity contribution in [3.8, 4) is 11.5 Å². The quantitative estimate of drug-likeness (QED) is 0.638. The van der Waals surface area contributed by atoms with Crippen molar-refractivity contribution >= 4 is 28.6 Å². The molecule has 1 atom stereocenters. The van der Waals surface area contributed by atoms with Gasteiger partial charge in [0.05, 0.1) is 0 Å². The van der Waals surface area contributed by atoms with E-state index >= 15 is 0 Å². The number of halogens is 1. The van der Waals surface area contributed by atoms with Crippen LogP contribution in [0.1, 0.15) is 36.5 Å². The standard InChI is InChI=1S/C20H19ClN2O2/c1-13-5-2-3-10-23(13)20(24)15-7-4-6-14(11-15)19-22-17-12-16(21)8-9-18(17)25-19/h4,6-9,11-13H,2-3,5,10H2,1H3. The molecule has 1 aromatic heterocycles. The SMILES string of the molecule is CC1CCCCN1C(=O)c1cccc(-c2nc3cc(Cl)ccc3o2)c1. The maximum atomic E-state index is 12.9. The molecule has 0 N–H and O–H groups in total. The largest absolute Gasteiger partial charge is 0.436 e. The number of carbonyl (C=O) groups is 1. The molecule has 1 amide bonds. The molecular formula is C20H19ClN2O2. The summed E-state index contributed by atoms with van der Waals surface area (Å²) in [6.45, 7) is 2.94. The first-order chi connectivity index (χ1) is 12.1. The molecular weight excluding hydrogens is 336 g/mol. The highest BCUT2D eigenvalue weighted by Gasteiger charge is 2.24. The highest BCUT2D eigenvalue weighted by atomic mass is 35.5. The molecule has 0 saturated carbocycles. The number of nitrogens with zero attached hydrogens (tertiary/aromatic N) is 2. The lowest BCUT2D eigenvalue weighted by molar-refractivity contribution is 0.0635. The summed E-state index contributed by atoms with van der Waals surface area (Å²) in [5.41, 5.74) is 2.86. The van der Waals surface area contributed by atoms with E-state index in [1.165, 1.54) is 6.42 Å². The number of amides is 1. The minimum atomic E-state index is 0.0770. The number of benzene rings is 2. The number of likely N-dealkylation sites (tertiary alicyclic amines) is 1. The highest BCUT2D eigenvalue weighted by Crippen LogP contribution is 2.27. The molecule has 2 heterocycles. The third-order valence-electron chi connectivity index (χ3n) is 4.77. The Kier molecular flexibility index (Phi) is 4.22. The van der Waals surface area contributed by atoms with Crippen LogP contribution in [0, 0.1) is 0 Å². The first kappa shape index (κ1) is 16.2. The number of piperidine rings is 1. The third-order valence-corrected chi connectivity index (χ3v) is 5.01.